The van der Waals surface area contributed by atoms with Crippen LogP contribution in [0, 0.1) is 5.92 Å². The average molecular weight is 445 g/mol. The van der Waals surface area contributed by atoms with Crippen molar-refractivity contribution in [1.29, 1.82) is 0 Å². The number of hydrogen-bond donors (Lipinski definition) is 0. The topological polar surface area (TPSA) is 26.3 Å². The van der Waals surface area contributed by atoms with Gasteiger partial charge in [0, 0.05) is 0 Å². The van der Waals surface area contributed by atoms with E-state index in [1.54, 1.807) is 10.5 Å². The van der Waals surface area contributed by atoms with E-state index in [0.29, 0.717) is 12.5 Å². The summed E-state index contributed by atoms with van der Waals surface area (Å²) in [5.74, 6) is 0.461. The van der Waals surface area contributed by atoms with Crippen molar-refractivity contribution in [3.63, 3.8) is 0 Å². The molecule has 0 aromatic heterocycles. The molecule has 0 aliphatic rings. The van der Waals surface area contributed by atoms with E-state index in [1.807, 2.05) is 0 Å². The fourth-order valence-electron chi connectivity index (χ4n) is 3.42. The number of allylic oxidation sites excluding steroid dienone is 1. The van der Waals surface area contributed by atoms with Crippen LogP contribution in [0.4, 0.5) is 0 Å². The Morgan fingerprint density at radius 1 is 0.958 bits per heavy atom. The molecule has 0 N–H and O–H groups in total. The first kappa shape index (κ1) is 24.0. The van der Waals surface area contributed by atoms with E-state index in [-0.39, 0.29) is 5.97 Å². The zero-order chi connectivity index (χ0) is 18.4. The van der Waals surface area contributed by atoms with Crippen LogP contribution in [-0.4, -0.2) is 31.0 Å². The maximum atomic E-state index is 11.4. The summed E-state index contributed by atoms with van der Waals surface area (Å²) in [7, 11) is 0. The Morgan fingerprint density at radius 3 is 1.75 bits per heavy atom. The Bertz CT molecular complexity index is 341. The Hall–Kier alpha value is 0.00870. The number of rotatable bonds is 14. The van der Waals surface area contributed by atoms with Gasteiger partial charge in [-0.15, -0.1) is 0 Å². The predicted molar refractivity (Wildman–Crippen MR) is 109 cm³/mol. The fourth-order valence-corrected chi connectivity index (χ4v) is 20.0. The zero-order valence-corrected chi connectivity index (χ0v) is 20.1. The molecule has 0 saturated heterocycles. The Kier molecular flexibility index (Phi) is 14.2. The molecule has 0 aromatic rings. The van der Waals surface area contributed by atoms with E-state index in [2.05, 4.69) is 40.7 Å². The molecule has 0 spiro atoms. The summed E-state index contributed by atoms with van der Waals surface area (Å²) in [6.07, 6.45) is 11.6. The molecular weight excluding hydrogens is 403 g/mol. The van der Waals surface area contributed by atoms with Crippen LogP contribution in [0.1, 0.15) is 86.5 Å². The van der Waals surface area contributed by atoms with Crippen LogP contribution in [0.5, 0.6) is 0 Å². The first-order valence-corrected chi connectivity index (χ1v) is 17.8. The van der Waals surface area contributed by atoms with Gasteiger partial charge in [0.05, 0.1) is 0 Å². The predicted octanol–water partition coefficient (Wildman–Crippen LogP) is 6.91. The zero-order valence-electron chi connectivity index (χ0n) is 17.2. The molecule has 1 unspecified atom stereocenters. The number of ether oxygens (including phenoxy) is 1. The first-order valence-electron chi connectivity index (χ1n) is 10.3. The summed E-state index contributed by atoms with van der Waals surface area (Å²) in [6, 6.07) is 0. The molecule has 0 rings (SSSR count). The fraction of sp³-hybridized carbons (Fsp3) is 0.857. The first-order chi connectivity index (χ1) is 11.5. The van der Waals surface area contributed by atoms with E-state index >= 15 is 0 Å². The molecule has 0 saturated carbocycles. The molecule has 0 bridgehead atoms. The Labute approximate surface area is 155 Å². The van der Waals surface area contributed by atoms with Crippen molar-refractivity contribution in [2.75, 3.05) is 6.61 Å². The van der Waals surface area contributed by atoms with Gasteiger partial charge in [-0.05, 0) is 0 Å². The van der Waals surface area contributed by atoms with Crippen LogP contribution >= 0.6 is 0 Å². The van der Waals surface area contributed by atoms with Crippen molar-refractivity contribution in [3.8, 4) is 0 Å². The maximum absolute atomic E-state index is 11.4. The summed E-state index contributed by atoms with van der Waals surface area (Å²) in [6.45, 7) is 13.6. The van der Waals surface area contributed by atoms with Crippen molar-refractivity contribution >= 4 is 24.3 Å². The van der Waals surface area contributed by atoms with Crippen molar-refractivity contribution in [3.05, 3.63) is 9.67 Å². The van der Waals surface area contributed by atoms with Gasteiger partial charge in [-0.1, -0.05) is 0 Å². The third kappa shape index (κ3) is 9.48. The van der Waals surface area contributed by atoms with Crippen molar-refractivity contribution in [1.82, 2.24) is 0 Å². The van der Waals surface area contributed by atoms with Crippen molar-refractivity contribution in [2.45, 2.75) is 99.8 Å². The van der Waals surface area contributed by atoms with Crippen LogP contribution in [0.2, 0.25) is 13.3 Å². The molecule has 0 aliphatic heterocycles. The molecule has 0 aromatic carbocycles. The molecule has 0 amide bonds. The van der Waals surface area contributed by atoms with Crippen molar-refractivity contribution < 1.29 is 9.53 Å². The van der Waals surface area contributed by atoms with Crippen LogP contribution in [0.25, 0.3) is 0 Å². The molecule has 3 heteroatoms. The van der Waals surface area contributed by atoms with Gasteiger partial charge in [-0.2, -0.15) is 0 Å². The minimum atomic E-state index is -2.46. The number of carbonyl (C=O) groups excluding carboxylic acids is 1. The van der Waals surface area contributed by atoms with Gasteiger partial charge >= 0.3 is 156 Å². The summed E-state index contributed by atoms with van der Waals surface area (Å²) >= 11 is -2.46. The normalized spacial score (nSPS) is 13.8. The third-order valence-electron chi connectivity index (χ3n) is 5.27. The van der Waals surface area contributed by atoms with Gasteiger partial charge in [0.1, 0.15) is 0 Å². The molecule has 1 atom stereocenters. The molecule has 142 valence electrons. The second-order valence-electron chi connectivity index (χ2n) is 7.45. The van der Waals surface area contributed by atoms with E-state index in [1.165, 1.54) is 58.3 Å². The van der Waals surface area contributed by atoms with Gasteiger partial charge < -0.3 is 0 Å². The Balaban J connectivity index is 5.66. The molecule has 0 fully saturated rings. The van der Waals surface area contributed by atoms with Gasteiger partial charge in [0.2, 0.25) is 0 Å². The van der Waals surface area contributed by atoms with Crippen LogP contribution in [-0.2, 0) is 9.53 Å². The molecular formula is C21H42O2Sn. The van der Waals surface area contributed by atoms with Gasteiger partial charge in [0.25, 0.3) is 0 Å². The molecule has 0 radical (unpaired) electrons. The number of hydrogen-bond acceptors (Lipinski definition) is 2. The standard InChI is InChI=1S/C9H15O2.3C4H9.Sn/c1-4-8(2)6-5-7-11-9(3)10;3*1-3-4-2;/h6,8H,4,7H2,1-3H3;3*1,3-4H2,2H3;. The Morgan fingerprint density at radius 2 is 1.42 bits per heavy atom. The van der Waals surface area contributed by atoms with Gasteiger partial charge in [-0.25, -0.2) is 0 Å². The second-order valence-corrected chi connectivity index (χ2v) is 20.9. The van der Waals surface area contributed by atoms with E-state index in [9.17, 15) is 4.79 Å². The molecule has 0 heterocycles. The van der Waals surface area contributed by atoms with Gasteiger partial charge in [-0.3, -0.25) is 0 Å². The molecule has 24 heavy (non-hydrogen) atoms. The minimum absolute atomic E-state index is 0.133. The summed E-state index contributed by atoms with van der Waals surface area (Å²) in [5.41, 5.74) is 0. The number of esters is 1. The quantitative estimate of drug-likeness (QED) is 0.215. The van der Waals surface area contributed by atoms with Crippen LogP contribution in [0.3, 0.4) is 0 Å². The number of unbranched alkanes of at least 4 members (excludes halogenated alkanes) is 3. The van der Waals surface area contributed by atoms with Crippen LogP contribution in [0.15, 0.2) is 9.67 Å². The van der Waals surface area contributed by atoms with Crippen LogP contribution < -0.4 is 0 Å². The monoisotopic (exact) mass is 446 g/mol. The molecule has 0 aliphatic carbocycles. The molecule has 2 nitrogen and oxygen atoms in total. The van der Waals surface area contributed by atoms with Crippen molar-refractivity contribution in [2.24, 2.45) is 5.92 Å². The SMILES string of the molecule is CCC[CH2][Sn]([CH2]CCC)([CH2]CCC)/[C](=C/C(C)CC)COC(C)=O. The van der Waals surface area contributed by atoms with E-state index in [0.717, 1.165) is 0 Å². The van der Waals surface area contributed by atoms with E-state index in [4.69, 9.17) is 4.74 Å². The third-order valence-corrected chi connectivity index (χ3v) is 21.3. The average Bonchev–Trinajstić information content (AvgIpc) is 2.58. The summed E-state index contributed by atoms with van der Waals surface area (Å²) in [5, 5.41) is 0. The number of carbonyl (C=O) groups is 1. The summed E-state index contributed by atoms with van der Waals surface area (Å²) in [4.78, 5) is 11.4. The van der Waals surface area contributed by atoms with E-state index < -0.39 is 18.4 Å². The summed E-state index contributed by atoms with van der Waals surface area (Å²) < 4.78 is 11.5. The van der Waals surface area contributed by atoms with Gasteiger partial charge in [0.15, 0.2) is 0 Å². The second kappa shape index (κ2) is 14.2.